The Bertz CT molecular complexity index is 311. The summed E-state index contributed by atoms with van der Waals surface area (Å²) in [7, 11) is 0. The van der Waals surface area contributed by atoms with Crippen LogP contribution >= 0.6 is 11.3 Å². The van der Waals surface area contributed by atoms with Gasteiger partial charge in [-0.1, -0.05) is 6.92 Å². The van der Waals surface area contributed by atoms with Crippen molar-refractivity contribution in [2.45, 2.75) is 32.9 Å². The van der Waals surface area contributed by atoms with E-state index in [9.17, 15) is 0 Å². The SMILES string of the molecule is Cc1ccsc1CN1CC(C)CC(N)C1. The van der Waals surface area contributed by atoms with Crippen LogP contribution in [-0.4, -0.2) is 24.0 Å². The van der Waals surface area contributed by atoms with Crippen LogP contribution in [0, 0.1) is 12.8 Å². The Balaban J connectivity index is 1.97. The van der Waals surface area contributed by atoms with E-state index in [1.165, 1.54) is 23.4 Å². The first-order valence-corrected chi connectivity index (χ1v) is 6.54. The van der Waals surface area contributed by atoms with E-state index in [4.69, 9.17) is 5.73 Å². The highest BCUT2D eigenvalue weighted by Gasteiger charge is 2.22. The summed E-state index contributed by atoms with van der Waals surface area (Å²) in [6.45, 7) is 7.83. The van der Waals surface area contributed by atoms with Gasteiger partial charge in [-0.05, 0) is 36.3 Å². The van der Waals surface area contributed by atoms with Gasteiger partial charge in [0.15, 0.2) is 0 Å². The molecule has 1 fully saturated rings. The predicted molar refractivity (Wildman–Crippen MR) is 66.1 cm³/mol. The van der Waals surface area contributed by atoms with E-state index in [1.54, 1.807) is 0 Å². The van der Waals surface area contributed by atoms with Gasteiger partial charge in [-0.2, -0.15) is 0 Å². The van der Waals surface area contributed by atoms with Crippen molar-refractivity contribution >= 4 is 11.3 Å². The zero-order valence-electron chi connectivity index (χ0n) is 9.57. The zero-order valence-corrected chi connectivity index (χ0v) is 10.4. The topological polar surface area (TPSA) is 29.3 Å². The quantitative estimate of drug-likeness (QED) is 0.834. The maximum absolute atomic E-state index is 6.04. The first-order valence-electron chi connectivity index (χ1n) is 5.66. The molecule has 15 heavy (non-hydrogen) atoms. The molecule has 0 radical (unpaired) electrons. The van der Waals surface area contributed by atoms with Gasteiger partial charge in [-0.25, -0.2) is 0 Å². The van der Waals surface area contributed by atoms with Gasteiger partial charge in [0.1, 0.15) is 0 Å². The third kappa shape index (κ3) is 2.80. The van der Waals surface area contributed by atoms with Crippen LogP contribution in [0.15, 0.2) is 11.4 Å². The van der Waals surface area contributed by atoms with E-state index in [0.717, 1.165) is 19.0 Å². The molecule has 0 aromatic carbocycles. The monoisotopic (exact) mass is 224 g/mol. The van der Waals surface area contributed by atoms with Gasteiger partial charge >= 0.3 is 0 Å². The molecule has 0 saturated carbocycles. The molecule has 2 heterocycles. The van der Waals surface area contributed by atoms with E-state index in [1.807, 2.05) is 11.3 Å². The Morgan fingerprint density at radius 1 is 1.53 bits per heavy atom. The highest BCUT2D eigenvalue weighted by atomic mass is 32.1. The third-order valence-corrected chi connectivity index (χ3v) is 4.11. The number of piperidine rings is 1. The van der Waals surface area contributed by atoms with Crippen molar-refractivity contribution < 1.29 is 0 Å². The number of nitrogens with two attached hydrogens (primary N) is 1. The summed E-state index contributed by atoms with van der Waals surface area (Å²) in [5.74, 6) is 0.744. The van der Waals surface area contributed by atoms with Crippen LogP contribution in [0.5, 0.6) is 0 Å². The molecule has 84 valence electrons. The standard InChI is InChI=1S/C12H20N2S/c1-9-5-11(13)7-14(6-9)8-12-10(2)3-4-15-12/h3-4,9,11H,5-8,13H2,1-2H3. The molecule has 1 aliphatic rings. The van der Waals surface area contributed by atoms with Gasteiger partial charge < -0.3 is 5.73 Å². The largest absolute Gasteiger partial charge is 0.327 e. The Kier molecular flexibility index (Phi) is 3.44. The molecule has 2 nitrogen and oxygen atoms in total. The summed E-state index contributed by atoms with van der Waals surface area (Å²) < 4.78 is 0. The van der Waals surface area contributed by atoms with E-state index >= 15 is 0 Å². The minimum atomic E-state index is 0.369. The highest BCUT2D eigenvalue weighted by Crippen LogP contribution is 2.21. The lowest BCUT2D eigenvalue weighted by Crippen LogP contribution is -2.45. The molecular weight excluding hydrogens is 204 g/mol. The number of hydrogen-bond donors (Lipinski definition) is 1. The second kappa shape index (κ2) is 4.64. The van der Waals surface area contributed by atoms with Crippen LogP contribution in [0.4, 0.5) is 0 Å². The van der Waals surface area contributed by atoms with Crippen LogP contribution in [0.2, 0.25) is 0 Å². The minimum Gasteiger partial charge on any atom is -0.327 e. The van der Waals surface area contributed by atoms with E-state index in [0.29, 0.717) is 6.04 Å². The van der Waals surface area contributed by atoms with E-state index in [2.05, 4.69) is 30.2 Å². The first kappa shape index (κ1) is 11.1. The number of aryl methyl sites for hydroxylation is 1. The predicted octanol–water partition coefficient (Wildman–Crippen LogP) is 2.23. The Hall–Kier alpha value is -0.380. The number of nitrogens with zero attached hydrogens (tertiary/aromatic N) is 1. The summed E-state index contributed by atoms with van der Waals surface area (Å²) >= 11 is 1.86. The Morgan fingerprint density at radius 3 is 2.93 bits per heavy atom. The molecule has 2 unspecified atom stereocenters. The molecule has 2 N–H and O–H groups in total. The van der Waals surface area contributed by atoms with Crippen molar-refractivity contribution in [3.05, 3.63) is 21.9 Å². The van der Waals surface area contributed by atoms with Crippen LogP contribution < -0.4 is 5.73 Å². The van der Waals surface area contributed by atoms with Crippen LogP contribution in [0.3, 0.4) is 0 Å². The first-order chi connectivity index (χ1) is 7.15. The molecule has 3 heteroatoms. The van der Waals surface area contributed by atoms with Crippen LogP contribution in [0.25, 0.3) is 0 Å². The molecule has 1 aliphatic heterocycles. The fraction of sp³-hybridized carbons (Fsp3) is 0.667. The summed E-state index contributed by atoms with van der Waals surface area (Å²) in [4.78, 5) is 3.99. The lowest BCUT2D eigenvalue weighted by Gasteiger charge is -2.34. The maximum atomic E-state index is 6.04. The fourth-order valence-corrected chi connectivity index (χ4v) is 3.36. The smallest absolute Gasteiger partial charge is 0.0331 e. The normalized spacial score (nSPS) is 28.2. The molecule has 0 bridgehead atoms. The molecule has 0 spiro atoms. The molecule has 1 saturated heterocycles. The summed E-state index contributed by atoms with van der Waals surface area (Å²) in [5.41, 5.74) is 7.47. The number of hydrogen-bond acceptors (Lipinski definition) is 3. The van der Waals surface area contributed by atoms with E-state index < -0.39 is 0 Å². The Labute approximate surface area is 96.1 Å². The van der Waals surface area contributed by atoms with Gasteiger partial charge in [0, 0.05) is 30.6 Å². The molecule has 2 atom stereocenters. The van der Waals surface area contributed by atoms with Crippen molar-refractivity contribution in [3.63, 3.8) is 0 Å². The van der Waals surface area contributed by atoms with Gasteiger partial charge in [0.2, 0.25) is 0 Å². The second-order valence-corrected chi connectivity index (χ2v) is 5.82. The average Bonchev–Trinajstić information content (AvgIpc) is 2.50. The van der Waals surface area contributed by atoms with Gasteiger partial charge in [0.25, 0.3) is 0 Å². The second-order valence-electron chi connectivity index (χ2n) is 4.82. The third-order valence-electron chi connectivity index (χ3n) is 3.10. The number of thiophene rings is 1. The van der Waals surface area contributed by atoms with Gasteiger partial charge in [-0.15, -0.1) is 11.3 Å². The lowest BCUT2D eigenvalue weighted by molar-refractivity contribution is 0.159. The highest BCUT2D eigenvalue weighted by molar-refractivity contribution is 7.10. The molecule has 0 amide bonds. The molecular formula is C12H20N2S. The van der Waals surface area contributed by atoms with Crippen LogP contribution in [-0.2, 0) is 6.54 Å². The fourth-order valence-electron chi connectivity index (χ4n) is 2.41. The van der Waals surface area contributed by atoms with Crippen molar-refractivity contribution in [3.8, 4) is 0 Å². The summed E-state index contributed by atoms with van der Waals surface area (Å²) in [5, 5.41) is 2.18. The van der Waals surface area contributed by atoms with Gasteiger partial charge in [-0.3, -0.25) is 4.90 Å². The number of rotatable bonds is 2. The van der Waals surface area contributed by atoms with Crippen molar-refractivity contribution in [1.29, 1.82) is 0 Å². The van der Waals surface area contributed by atoms with Crippen molar-refractivity contribution in [2.75, 3.05) is 13.1 Å². The summed E-state index contributed by atoms with van der Waals surface area (Å²) in [6, 6.07) is 2.57. The minimum absolute atomic E-state index is 0.369. The average molecular weight is 224 g/mol. The lowest BCUT2D eigenvalue weighted by atomic mass is 9.96. The summed E-state index contributed by atoms with van der Waals surface area (Å²) in [6.07, 6.45) is 1.18. The van der Waals surface area contributed by atoms with Crippen molar-refractivity contribution in [1.82, 2.24) is 4.90 Å². The molecule has 0 aliphatic carbocycles. The van der Waals surface area contributed by atoms with Crippen molar-refractivity contribution in [2.24, 2.45) is 11.7 Å². The Morgan fingerprint density at radius 2 is 2.33 bits per heavy atom. The maximum Gasteiger partial charge on any atom is 0.0331 e. The van der Waals surface area contributed by atoms with Gasteiger partial charge in [0.05, 0.1) is 0 Å². The molecule has 1 aromatic heterocycles. The molecule has 1 aromatic rings. The zero-order chi connectivity index (χ0) is 10.8. The van der Waals surface area contributed by atoms with E-state index in [-0.39, 0.29) is 0 Å². The van der Waals surface area contributed by atoms with Crippen LogP contribution in [0.1, 0.15) is 23.8 Å². The number of likely N-dealkylation sites (tertiary alicyclic amines) is 1. The molecule has 2 rings (SSSR count).